The molecule has 1 N–H and O–H groups in total. The number of rotatable bonds is 2. The number of carbonyl (C=O) groups excluding carboxylic acids is 3. The van der Waals surface area contributed by atoms with Crippen molar-refractivity contribution in [3.63, 3.8) is 0 Å². The smallest absolute Gasteiger partial charge is 0.313 e. The predicted octanol–water partition coefficient (Wildman–Crippen LogP) is 2.82. The molecule has 1 aromatic heterocycles. The second kappa shape index (κ2) is 8.02. The summed E-state index contributed by atoms with van der Waals surface area (Å²) in [4.78, 5) is 39.9. The quantitative estimate of drug-likeness (QED) is 0.772. The van der Waals surface area contributed by atoms with Crippen molar-refractivity contribution in [1.29, 1.82) is 0 Å². The molecule has 27 heavy (non-hydrogen) atoms. The van der Waals surface area contributed by atoms with Crippen LogP contribution in [0.5, 0.6) is 0 Å². The van der Waals surface area contributed by atoms with Crippen molar-refractivity contribution >= 4 is 46.6 Å². The average Bonchev–Trinajstić information content (AvgIpc) is 3.10. The molecule has 2 aromatic rings. The molecular weight excluding hydrogens is 393 g/mol. The van der Waals surface area contributed by atoms with Gasteiger partial charge >= 0.3 is 11.8 Å². The molecule has 0 radical (unpaired) electrons. The number of piperazine rings is 1. The van der Waals surface area contributed by atoms with Gasteiger partial charge in [0.25, 0.3) is 5.91 Å². The van der Waals surface area contributed by atoms with Gasteiger partial charge in [0.05, 0.1) is 10.0 Å². The average molecular weight is 410 g/mol. The molecule has 0 aliphatic carbocycles. The second-order valence-electron chi connectivity index (χ2n) is 6.08. The van der Waals surface area contributed by atoms with E-state index in [0.29, 0.717) is 29.6 Å². The summed E-state index contributed by atoms with van der Waals surface area (Å²) in [7, 11) is 0. The Balaban J connectivity index is 1.55. The first-order valence-corrected chi connectivity index (χ1v) is 9.02. The number of hydrogen-bond acceptors (Lipinski definition) is 4. The number of furan rings is 1. The lowest BCUT2D eigenvalue weighted by molar-refractivity contribution is -0.144. The molecule has 3 rings (SSSR count). The van der Waals surface area contributed by atoms with E-state index in [2.05, 4.69) is 5.32 Å². The van der Waals surface area contributed by atoms with Crippen LogP contribution >= 0.6 is 23.2 Å². The van der Waals surface area contributed by atoms with Crippen LogP contribution < -0.4 is 5.32 Å². The fourth-order valence-corrected chi connectivity index (χ4v) is 3.02. The second-order valence-corrected chi connectivity index (χ2v) is 6.89. The molecule has 9 heteroatoms. The third-order valence-electron chi connectivity index (χ3n) is 4.18. The number of halogens is 2. The zero-order valence-corrected chi connectivity index (χ0v) is 16.0. The van der Waals surface area contributed by atoms with Crippen LogP contribution in [0.1, 0.15) is 16.3 Å². The minimum Gasteiger partial charge on any atom is -0.456 e. The Morgan fingerprint density at radius 3 is 2.22 bits per heavy atom. The Hall–Kier alpha value is -2.51. The van der Waals surface area contributed by atoms with Crippen molar-refractivity contribution in [2.45, 2.75) is 6.92 Å². The number of carbonyl (C=O) groups is 3. The van der Waals surface area contributed by atoms with E-state index in [9.17, 15) is 14.4 Å². The Morgan fingerprint density at radius 2 is 1.63 bits per heavy atom. The molecule has 3 amide bonds. The Labute approximate surface area is 165 Å². The maximum Gasteiger partial charge on any atom is 0.313 e. The van der Waals surface area contributed by atoms with Crippen molar-refractivity contribution in [3.05, 3.63) is 51.9 Å². The molecule has 0 saturated carbocycles. The summed E-state index contributed by atoms with van der Waals surface area (Å²) in [5.41, 5.74) is 0.379. The fourth-order valence-electron chi connectivity index (χ4n) is 2.72. The summed E-state index contributed by atoms with van der Waals surface area (Å²) < 4.78 is 5.34. The van der Waals surface area contributed by atoms with Gasteiger partial charge in [-0.25, -0.2) is 0 Å². The van der Waals surface area contributed by atoms with Crippen molar-refractivity contribution in [2.75, 3.05) is 31.5 Å². The van der Waals surface area contributed by atoms with Crippen molar-refractivity contribution in [3.8, 4) is 0 Å². The summed E-state index contributed by atoms with van der Waals surface area (Å²) in [6.45, 7) is 2.94. The zero-order valence-electron chi connectivity index (χ0n) is 14.5. The van der Waals surface area contributed by atoms with Gasteiger partial charge < -0.3 is 19.5 Å². The van der Waals surface area contributed by atoms with Gasteiger partial charge in [0.15, 0.2) is 5.76 Å². The summed E-state index contributed by atoms with van der Waals surface area (Å²) in [5.74, 6) is -0.733. The highest BCUT2D eigenvalue weighted by Crippen LogP contribution is 2.25. The molecule has 1 saturated heterocycles. The molecule has 0 spiro atoms. The molecule has 0 bridgehead atoms. The number of amides is 3. The van der Waals surface area contributed by atoms with Gasteiger partial charge in [0.1, 0.15) is 5.76 Å². The number of benzene rings is 1. The van der Waals surface area contributed by atoms with Gasteiger partial charge in [-0.1, -0.05) is 23.2 Å². The van der Waals surface area contributed by atoms with E-state index in [1.807, 2.05) is 0 Å². The SMILES string of the molecule is Cc1ccc(C(=O)N2CCN(C(=O)C(=O)Nc3ccc(Cl)c(Cl)c3)CC2)o1. The van der Waals surface area contributed by atoms with Crippen LogP contribution in [-0.2, 0) is 9.59 Å². The number of nitrogens with zero attached hydrogens (tertiary/aromatic N) is 2. The molecular formula is C18H17Cl2N3O4. The summed E-state index contributed by atoms with van der Waals surface area (Å²) in [6, 6.07) is 7.91. The van der Waals surface area contributed by atoms with E-state index in [-0.39, 0.29) is 29.8 Å². The van der Waals surface area contributed by atoms with Crippen molar-refractivity contribution in [1.82, 2.24) is 9.80 Å². The lowest BCUT2D eigenvalue weighted by Crippen LogP contribution is -2.52. The van der Waals surface area contributed by atoms with Crippen LogP contribution in [0.15, 0.2) is 34.7 Å². The highest BCUT2D eigenvalue weighted by Gasteiger charge is 2.29. The minimum absolute atomic E-state index is 0.226. The number of aryl methyl sites for hydroxylation is 1. The van der Waals surface area contributed by atoms with Gasteiger partial charge in [-0.15, -0.1) is 0 Å². The van der Waals surface area contributed by atoms with Gasteiger partial charge in [0.2, 0.25) is 0 Å². The highest BCUT2D eigenvalue weighted by atomic mass is 35.5. The van der Waals surface area contributed by atoms with Crippen LogP contribution in [0.3, 0.4) is 0 Å². The molecule has 2 heterocycles. The topological polar surface area (TPSA) is 82.9 Å². The lowest BCUT2D eigenvalue weighted by Gasteiger charge is -2.33. The summed E-state index contributed by atoms with van der Waals surface area (Å²) >= 11 is 11.7. The zero-order chi connectivity index (χ0) is 19.6. The molecule has 0 atom stereocenters. The van der Waals surface area contributed by atoms with E-state index < -0.39 is 11.8 Å². The number of anilines is 1. The van der Waals surface area contributed by atoms with Crippen LogP contribution in [0, 0.1) is 6.92 Å². The molecule has 1 fully saturated rings. The first-order chi connectivity index (χ1) is 12.8. The summed E-state index contributed by atoms with van der Waals surface area (Å²) in [5, 5.41) is 3.14. The van der Waals surface area contributed by atoms with E-state index >= 15 is 0 Å². The van der Waals surface area contributed by atoms with Crippen LogP contribution in [0.25, 0.3) is 0 Å². The van der Waals surface area contributed by atoms with Crippen LogP contribution in [-0.4, -0.2) is 53.7 Å². The van der Waals surface area contributed by atoms with E-state index in [4.69, 9.17) is 27.6 Å². The third kappa shape index (κ3) is 4.43. The highest BCUT2D eigenvalue weighted by molar-refractivity contribution is 6.42. The molecule has 0 unspecified atom stereocenters. The van der Waals surface area contributed by atoms with E-state index in [0.717, 1.165) is 0 Å². The van der Waals surface area contributed by atoms with Gasteiger partial charge in [-0.05, 0) is 37.3 Å². The normalized spacial score (nSPS) is 14.2. The number of hydrogen-bond donors (Lipinski definition) is 1. The summed E-state index contributed by atoms with van der Waals surface area (Å²) in [6.07, 6.45) is 0. The maximum atomic E-state index is 12.4. The maximum absolute atomic E-state index is 12.4. The Kier molecular flexibility index (Phi) is 5.72. The molecule has 1 aliphatic rings. The van der Waals surface area contributed by atoms with E-state index in [1.54, 1.807) is 30.0 Å². The van der Waals surface area contributed by atoms with Gasteiger partial charge in [0, 0.05) is 31.9 Å². The van der Waals surface area contributed by atoms with Crippen LogP contribution in [0.2, 0.25) is 10.0 Å². The monoisotopic (exact) mass is 409 g/mol. The Bertz CT molecular complexity index is 888. The fraction of sp³-hybridized carbons (Fsp3) is 0.278. The Morgan fingerprint density at radius 1 is 0.963 bits per heavy atom. The van der Waals surface area contributed by atoms with Crippen LogP contribution in [0.4, 0.5) is 5.69 Å². The minimum atomic E-state index is -0.769. The predicted molar refractivity (Wildman–Crippen MR) is 101 cm³/mol. The molecule has 7 nitrogen and oxygen atoms in total. The van der Waals surface area contributed by atoms with Gasteiger partial charge in [-0.3, -0.25) is 14.4 Å². The largest absolute Gasteiger partial charge is 0.456 e. The van der Waals surface area contributed by atoms with Gasteiger partial charge in [-0.2, -0.15) is 0 Å². The van der Waals surface area contributed by atoms with E-state index in [1.165, 1.54) is 17.0 Å². The standard InChI is InChI=1S/C18H17Cl2N3O4/c1-11-2-5-15(27-11)17(25)22-6-8-23(9-7-22)18(26)16(24)21-12-3-4-13(19)14(20)10-12/h2-5,10H,6-9H2,1H3,(H,21,24). The molecule has 1 aromatic carbocycles. The lowest BCUT2D eigenvalue weighted by atomic mass is 10.2. The first-order valence-electron chi connectivity index (χ1n) is 8.26. The molecule has 142 valence electrons. The third-order valence-corrected chi connectivity index (χ3v) is 4.92. The first kappa shape index (κ1) is 19.3. The van der Waals surface area contributed by atoms with Crippen molar-refractivity contribution < 1.29 is 18.8 Å². The van der Waals surface area contributed by atoms with Crippen molar-refractivity contribution in [2.24, 2.45) is 0 Å². The number of nitrogens with one attached hydrogen (secondary N) is 1. The molecule has 1 aliphatic heterocycles.